The van der Waals surface area contributed by atoms with Gasteiger partial charge in [-0.1, -0.05) is 13.3 Å². The molecule has 0 amide bonds. The van der Waals surface area contributed by atoms with E-state index < -0.39 is 18.1 Å². The van der Waals surface area contributed by atoms with E-state index >= 15 is 0 Å². The van der Waals surface area contributed by atoms with Gasteiger partial charge in [0.25, 0.3) is 0 Å². The third-order valence-electron chi connectivity index (χ3n) is 1.37. The summed E-state index contributed by atoms with van der Waals surface area (Å²) in [5.74, 6) is -1.25. The van der Waals surface area contributed by atoms with Gasteiger partial charge >= 0.3 is 5.97 Å². The molecule has 3 N–H and O–H groups in total. The van der Waals surface area contributed by atoms with Crippen LogP contribution in [-0.4, -0.2) is 28.3 Å². The van der Waals surface area contributed by atoms with Crippen molar-refractivity contribution in [2.45, 2.75) is 31.9 Å². The Labute approximate surface area is 70.3 Å². The Morgan fingerprint density at radius 2 is 2.27 bits per heavy atom. The van der Waals surface area contributed by atoms with Crippen molar-refractivity contribution in [1.82, 2.24) is 4.84 Å². The normalized spacial score (nSPS) is 15.9. The van der Waals surface area contributed by atoms with Gasteiger partial charge in [0.15, 0.2) is 6.10 Å². The molecule has 2 atom stereocenters. The molecule has 0 aromatic heterocycles. The maximum atomic E-state index is 10.2. The van der Waals surface area contributed by atoms with E-state index in [1.807, 2.05) is 6.92 Å². The number of hydrogen-bond acceptors (Lipinski definition) is 3. The fraction of sp³-hybridized carbons (Fsp3) is 0.833. The molecular weight excluding hydrogens is 170 g/mol. The summed E-state index contributed by atoms with van der Waals surface area (Å²) in [5, 5.41) is 17.3. The van der Waals surface area contributed by atoms with Gasteiger partial charge in [0.2, 0.25) is 0 Å². The van der Waals surface area contributed by atoms with Crippen LogP contribution in [-0.2, 0) is 4.79 Å². The molecule has 0 saturated heterocycles. The summed E-state index contributed by atoms with van der Waals surface area (Å²) in [6.07, 6.45) is -0.112. The summed E-state index contributed by atoms with van der Waals surface area (Å²) in [6, 6.07) is -0.570. The summed E-state index contributed by atoms with van der Waals surface area (Å²) in [4.78, 5) is 12.5. The van der Waals surface area contributed by atoms with Crippen molar-refractivity contribution in [3.05, 3.63) is 0 Å². The molecule has 0 saturated carbocycles. The number of aliphatic hydroxyl groups is 1. The van der Waals surface area contributed by atoms with E-state index in [0.717, 1.165) is 6.42 Å². The Hall–Kier alpha value is -0.320. The molecule has 0 aromatic rings. The SMILES string of the molecule is CCC[C@H](NCl)[C@H](O)C(=O)O. The lowest BCUT2D eigenvalue weighted by Gasteiger charge is -2.16. The average Bonchev–Trinajstić information content (AvgIpc) is 1.98. The maximum Gasteiger partial charge on any atom is 0.334 e. The Kier molecular flexibility index (Phi) is 5.19. The number of nitrogens with one attached hydrogen (secondary N) is 1. The van der Waals surface area contributed by atoms with E-state index in [-0.39, 0.29) is 0 Å². The average molecular weight is 182 g/mol. The number of rotatable bonds is 5. The van der Waals surface area contributed by atoms with Crippen molar-refractivity contribution in [1.29, 1.82) is 0 Å². The highest BCUT2D eigenvalue weighted by Crippen LogP contribution is 2.03. The fourth-order valence-electron chi connectivity index (χ4n) is 0.755. The number of carbonyl (C=O) groups is 1. The maximum absolute atomic E-state index is 10.2. The van der Waals surface area contributed by atoms with Crippen molar-refractivity contribution in [2.24, 2.45) is 0 Å². The molecule has 0 fully saturated rings. The second-order valence-corrected chi connectivity index (χ2v) is 2.51. The van der Waals surface area contributed by atoms with Gasteiger partial charge < -0.3 is 10.2 Å². The van der Waals surface area contributed by atoms with Crippen LogP contribution in [0.1, 0.15) is 19.8 Å². The first-order chi connectivity index (χ1) is 5.13. The Balaban J connectivity index is 3.91. The van der Waals surface area contributed by atoms with Crippen LogP contribution in [0.25, 0.3) is 0 Å². The zero-order chi connectivity index (χ0) is 8.85. The lowest BCUT2D eigenvalue weighted by Crippen LogP contribution is -2.40. The van der Waals surface area contributed by atoms with Crippen molar-refractivity contribution in [3.63, 3.8) is 0 Å². The molecule has 0 aliphatic carbocycles. The molecule has 0 aliphatic heterocycles. The number of halogens is 1. The van der Waals surface area contributed by atoms with E-state index in [4.69, 9.17) is 22.0 Å². The second kappa shape index (κ2) is 5.35. The summed E-state index contributed by atoms with van der Waals surface area (Å²) in [7, 11) is 0. The Morgan fingerprint density at radius 1 is 1.73 bits per heavy atom. The second-order valence-electron chi connectivity index (χ2n) is 2.29. The molecule has 0 aromatic carbocycles. The van der Waals surface area contributed by atoms with Crippen LogP contribution >= 0.6 is 11.8 Å². The summed E-state index contributed by atoms with van der Waals surface area (Å²) >= 11 is 5.21. The van der Waals surface area contributed by atoms with Gasteiger partial charge in [-0.15, -0.1) is 0 Å². The zero-order valence-electron chi connectivity index (χ0n) is 6.25. The first-order valence-corrected chi connectivity index (χ1v) is 3.78. The van der Waals surface area contributed by atoms with Crippen LogP contribution < -0.4 is 4.84 Å². The molecule has 0 bridgehead atoms. The Bertz CT molecular complexity index is 131. The summed E-state index contributed by atoms with van der Waals surface area (Å²) in [6.45, 7) is 1.88. The monoisotopic (exact) mass is 181 g/mol. The van der Waals surface area contributed by atoms with Gasteiger partial charge in [-0.3, -0.25) is 0 Å². The van der Waals surface area contributed by atoms with Gasteiger partial charge in [-0.2, -0.15) is 0 Å². The minimum Gasteiger partial charge on any atom is -0.479 e. The van der Waals surface area contributed by atoms with Gasteiger partial charge in [0.05, 0.1) is 6.04 Å². The number of carboxylic acids is 1. The molecule has 0 rings (SSSR count). The number of hydrogen-bond donors (Lipinski definition) is 3. The Morgan fingerprint density at radius 3 is 2.55 bits per heavy atom. The van der Waals surface area contributed by atoms with Crippen molar-refractivity contribution in [2.75, 3.05) is 0 Å². The molecule has 0 unspecified atom stereocenters. The van der Waals surface area contributed by atoms with Gasteiger partial charge in [-0.05, 0) is 18.2 Å². The zero-order valence-corrected chi connectivity index (χ0v) is 7.01. The molecular formula is C6H12ClNO3. The predicted octanol–water partition coefficient (Wildman–Crippen LogP) is 0.344. The topological polar surface area (TPSA) is 69.6 Å². The van der Waals surface area contributed by atoms with Crippen LogP contribution in [0.4, 0.5) is 0 Å². The molecule has 0 heterocycles. The highest BCUT2D eigenvalue weighted by Gasteiger charge is 2.23. The summed E-state index contributed by atoms with van der Waals surface area (Å²) < 4.78 is 0. The standard InChI is InChI=1S/C6H12ClNO3/c1-2-3-4(8-7)5(9)6(10)11/h4-5,8-9H,2-3H2,1H3,(H,10,11)/t4-,5-/m0/s1. The largest absolute Gasteiger partial charge is 0.479 e. The molecule has 4 nitrogen and oxygen atoms in total. The van der Waals surface area contributed by atoms with E-state index in [1.54, 1.807) is 0 Å². The van der Waals surface area contributed by atoms with Gasteiger partial charge in [0.1, 0.15) is 0 Å². The highest BCUT2D eigenvalue weighted by atomic mass is 35.5. The number of carboxylic acid groups (broad SMARTS) is 1. The van der Waals surface area contributed by atoms with Crippen LogP contribution in [0.5, 0.6) is 0 Å². The minimum absolute atomic E-state index is 0.539. The highest BCUT2D eigenvalue weighted by molar-refractivity contribution is 6.13. The van der Waals surface area contributed by atoms with E-state index in [1.165, 1.54) is 0 Å². The van der Waals surface area contributed by atoms with Crippen LogP contribution in [0.3, 0.4) is 0 Å². The molecule has 0 aliphatic rings. The fourth-order valence-corrected chi connectivity index (χ4v) is 0.984. The molecule has 0 spiro atoms. The predicted molar refractivity (Wildman–Crippen MR) is 41.3 cm³/mol. The lowest BCUT2D eigenvalue weighted by atomic mass is 10.1. The van der Waals surface area contributed by atoms with E-state index in [9.17, 15) is 4.79 Å². The third kappa shape index (κ3) is 3.55. The number of aliphatic carboxylic acids is 1. The molecule has 5 heteroatoms. The summed E-state index contributed by atoms with van der Waals surface area (Å²) in [5.41, 5.74) is 0. The van der Waals surface area contributed by atoms with Crippen molar-refractivity contribution in [3.8, 4) is 0 Å². The molecule has 11 heavy (non-hydrogen) atoms. The first kappa shape index (κ1) is 10.7. The van der Waals surface area contributed by atoms with Gasteiger partial charge in [0, 0.05) is 0 Å². The van der Waals surface area contributed by atoms with E-state index in [2.05, 4.69) is 4.84 Å². The first-order valence-electron chi connectivity index (χ1n) is 3.40. The van der Waals surface area contributed by atoms with E-state index in [0.29, 0.717) is 6.42 Å². The van der Waals surface area contributed by atoms with Crippen molar-refractivity contribution >= 4 is 17.7 Å². The smallest absolute Gasteiger partial charge is 0.334 e. The number of aliphatic hydroxyl groups excluding tert-OH is 1. The van der Waals surface area contributed by atoms with Crippen molar-refractivity contribution < 1.29 is 15.0 Å². The minimum atomic E-state index is -1.42. The third-order valence-corrected chi connectivity index (χ3v) is 1.65. The quantitative estimate of drug-likeness (QED) is 0.536. The molecule has 0 radical (unpaired) electrons. The van der Waals surface area contributed by atoms with Crippen LogP contribution in [0.2, 0.25) is 0 Å². The molecule has 66 valence electrons. The van der Waals surface area contributed by atoms with Crippen LogP contribution in [0, 0.1) is 0 Å². The lowest BCUT2D eigenvalue weighted by molar-refractivity contribution is -0.148. The van der Waals surface area contributed by atoms with Crippen LogP contribution in [0.15, 0.2) is 0 Å². The van der Waals surface area contributed by atoms with Gasteiger partial charge in [-0.25, -0.2) is 9.63 Å².